The number of nitrogens with zero attached hydrogens (tertiary/aromatic N) is 1. The average molecular weight is 318 g/mol. The Kier molecular flexibility index (Phi) is 4.86. The number of nitrogens with one attached hydrogen (secondary N) is 1. The molecule has 17 heavy (non-hydrogen) atoms. The summed E-state index contributed by atoms with van der Waals surface area (Å²) in [6, 6.07) is 6.00. The van der Waals surface area contributed by atoms with Crippen LogP contribution in [0.4, 0.5) is 0 Å². The van der Waals surface area contributed by atoms with Gasteiger partial charge in [-0.2, -0.15) is 0 Å². The van der Waals surface area contributed by atoms with Crippen LogP contribution in [0.2, 0.25) is 5.02 Å². The van der Waals surface area contributed by atoms with Gasteiger partial charge in [0.25, 0.3) is 0 Å². The van der Waals surface area contributed by atoms with Gasteiger partial charge in [-0.05, 0) is 56.2 Å². The van der Waals surface area contributed by atoms with Gasteiger partial charge in [-0.25, -0.2) is 0 Å². The second-order valence-corrected chi connectivity index (χ2v) is 5.97. The normalized spacial score (nSPS) is 21.0. The second-order valence-electron chi connectivity index (χ2n) is 4.68. The molecule has 1 aliphatic heterocycles. The highest BCUT2D eigenvalue weighted by molar-refractivity contribution is 9.10. The SMILES string of the molecule is CNCC1CCN(Cc2cc(Cl)ccc2Br)C1. The van der Waals surface area contributed by atoms with Crippen LogP contribution in [-0.2, 0) is 6.54 Å². The van der Waals surface area contributed by atoms with Crippen LogP contribution in [0.1, 0.15) is 12.0 Å². The third kappa shape index (κ3) is 3.68. The molecular weight excluding hydrogens is 300 g/mol. The first-order valence-electron chi connectivity index (χ1n) is 6.00. The Balaban J connectivity index is 1.95. The molecule has 94 valence electrons. The van der Waals surface area contributed by atoms with E-state index in [-0.39, 0.29) is 0 Å². The lowest BCUT2D eigenvalue weighted by Crippen LogP contribution is -2.24. The van der Waals surface area contributed by atoms with E-state index in [1.165, 1.54) is 25.1 Å². The van der Waals surface area contributed by atoms with E-state index in [4.69, 9.17) is 11.6 Å². The molecule has 1 aromatic rings. The predicted molar refractivity (Wildman–Crippen MR) is 76.5 cm³/mol. The highest BCUT2D eigenvalue weighted by atomic mass is 79.9. The van der Waals surface area contributed by atoms with Gasteiger partial charge < -0.3 is 5.32 Å². The van der Waals surface area contributed by atoms with Crippen molar-refractivity contribution in [1.29, 1.82) is 0 Å². The van der Waals surface area contributed by atoms with Gasteiger partial charge in [0.05, 0.1) is 0 Å². The van der Waals surface area contributed by atoms with E-state index in [0.717, 1.165) is 28.5 Å². The van der Waals surface area contributed by atoms with Crippen molar-refractivity contribution in [3.05, 3.63) is 33.3 Å². The fourth-order valence-corrected chi connectivity index (χ4v) is 2.98. The highest BCUT2D eigenvalue weighted by Gasteiger charge is 2.22. The van der Waals surface area contributed by atoms with Crippen molar-refractivity contribution >= 4 is 27.5 Å². The molecule has 2 rings (SSSR count). The summed E-state index contributed by atoms with van der Waals surface area (Å²) < 4.78 is 1.15. The molecule has 1 heterocycles. The van der Waals surface area contributed by atoms with Crippen LogP contribution in [0, 0.1) is 5.92 Å². The molecule has 1 aromatic carbocycles. The molecule has 0 saturated carbocycles. The molecule has 0 aromatic heterocycles. The summed E-state index contributed by atoms with van der Waals surface area (Å²) in [5, 5.41) is 4.07. The molecule has 0 aliphatic carbocycles. The molecule has 0 spiro atoms. The fourth-order valence-electron chi connectivity index (χ4n) is 2.42. The minimum Gasteiger partial charge on any atom is -0.319 e. The Morgan fingerprint density at radius 3 is 3.12 bits per heavy atom. The third-order valence-corrected chi connectivity index (χ3v) is 4.27. The third-order valence-electron chi connectivity index (χ3n) is 3.26. The van der Waals surface area contributed by atoms with Gasteiger partial charge in [0.15, 0.2) is 0 Å². The Bertz CT molecular complexity index is 384. The maximum absolute atomic E-state index is 6.03. The van der Waals surface area contributed by atoms with E-state index < -0.39 is 0 Å². The monoisotopic (exact) mass is 316 g/mol. The van der Waals surface area contributed by atoms with Crippen LogP contribution in [0.5, 0.6) is 0 Å². The molecule has 2 nitrogen and oxygen atoms in total. The number of hydrogen-bond acceptors (Lipinski definition) is 2. The predicted octanol–water partition coefficient (Wildman–Crippen LogP) is 3.14. The topological polar surface area (TPSA) is 15.3 Å². The van der Waals surface area contributed by atoms with Gasteiger partial charge >= 0.3 is 0 Å². The highest BCUT2D eigenvalue weighted by Crippen LogP contribution is 2.25. The van der Waals surface area contributed by atoms with Gasteiger partial charge in [0.1, 0.15) is 0 Å². The molecule has 1 atom stereocenters. The number of halogens is 2. The molecule has 1 saturated heterocycles. The van der Waals surface area contributed by atoms with Gasteiger partial charge in [0, 0.05) is 22.6 Å². The van der Waals surface area contributed by atoms with Gasteiger partial charge in [-0.1, -0.05) is 27.5 Å². The van der Waals surface area contributed by atoms with E-state index in [1.54, 1.807) is 0 Å². The van der Waals surface area contributed by atoms with E-state index in [0.29, 0.717) is 0 Å². The van der Waals surface area contributed by atoms with E-state index >= 15 is 0 Å². The number of benzene rings is 1. The van der Waals surface area contributed by atoms with Crippen LogP contribution >= 0.6 is 27.5 Å². The Labute approximate surface area is 116 Å². The largest absolute Gasteiger partial charge is 0.319 e. The van der Waals surface area contributed by atoms with Gasteiger partial charge in [-0.3, -0.25) is 4.90 Å². The molecule has 4 heteroatoms. The van der Waals surface area contributed by atoms with Crippen molar-refractivity contribution in [3.8, 4) is 0 Å². The lowest BCUT2D eigenvalue weighted by molar-refractivity contribution is 0.315. The van der Waals surface area contributed by atoms with E-state index in [1.807, 2.05) is 19.2 Å². The van der Waals surface area contributed by atoms with E-state index in [2.05, 4.69) is 32.2 Å². The molecule has 1 aliphatic rings. The number of likely N-dealkylation sites (tertiary alicyclic amines) is 1. The van der Waals surface area contributed by atoms with Crippen molar-refractivity contribution in [1.82, 2.24) is 10.2 Å². The van der Waals surface area contributed by atoms with Crippen LogP contribution in [0.25, 0.3) is 0 Å². The lowest BCUT2D eigenvalue weighted by atomic mass is 10.1. The van der Waals surface area contributed by atoms with Gasteiger partial charge in [0.2, 0.25) is 0 Å². The van der Waals surface area contributed by atoms with Gasteiger partial charge in [-0.15, -0.1) is 0 Å². The minimum atomic E-state index is 0.790. The molecule has 1 fully saturated rings. The first kappa shape index (κ1) is 13.3. The summed E-state index contributed by atoms with van der Waals surface area (Å²) >= 11 is 9.62. The summed E-state index contributed by atoms with van der Waals surface area (Å²) in [4.78, 5) is 2.50. The zero-order valence-corrected chi connectivity index (χ0v) is 12.4. The first-order valence-corrected chi connectivity index (χ1v) is 7.17. The van der Waals surface area contributed by atoms with Crippen molar-refractivity contribution < 1.29 is 0 Å². The second kappa shape index (κ2) is 6.19. The smallest absolute Gasteiger partial charge is 0.0410 e. The van der Waals surface area contributed by atoms with Crippen molar-refractivity contribution in [3.63, 3.8) is 0 Å². The summed E-state index contributed by atoms with van der Waals surface area (Å²) in [5.74, 6) is 0.790. The molecule has 1 unspecified atom stereocenters. The van der Waals surface area contributed by atoms with Crippen LogP contribution in [0.3, 0.4) is 0 Å². The standard InChI is InChI=1S/C13H18BrClN2/c1-16-7-10-4-5-17(8-10)9-11-6-12(15)2-3-13(11)14/h2-3,6,10,16H,4-5,7-9H2,1H3. The number of rotatable bonds is 4. The maximum Gasteiger partial charge on any atom is 0.0410 e. The quantitative estimate of drug-likeness (QED) is 0.918. The Morgan fingerprint density at radius 1 is 1.53 bits per heavy atom. The Morgan fingerprint density at radius 2 is 2.35 bits per heavy atom. The molecule has 1 N–H and O–H groups in total. The summed E-state index contributed by atoms with van der Waals surface area (Å²) in [6.45, 7) is 4.47. The zero-order valence-electron chi connectivity index (χ0n) is 10.0. The first-order chi connectivity index (χ1) is 8.19. The van der Waals surface area contributed by atoms with Crippen LogP contribution in [-0.4, -0.2) is 31.6 Å². The van der Waals surface area contributed by atoms with Crippen LogP contribution < -0.4 is 5.32 Å². The summed E-state index contributed by atoms with van der Waals surface area (Å²) in [5.41, 5.74) is 1.28. The maximum atomic E-state index is 6.03. The van der Waals surface area contributed by atoms with E-state index in [9.17, 15) is 0 Å². The zero-order chi connectivity index (χ0) is 12.3. The molecule has 0 amide bonds. The Hall–Kier alpha value is -0.0900. The summed E-state index contributed by atoms with van der Waals surface area (Å²) in [7, 11) is 2.02. The summed E-state index contributed by atoms with van der Waals surface area (Å²) in [6.07, 6.45) is 1.29. The van der Waals surface area contributed by atoms with Crippen LogP contribution in [0.15, 0.2) is 22.7 Å². The van der Waals surface area contributed by atoms with Crippen molar-refractivity contribution in [2.45, 2.75) is 13.0 Å². The average Bonchev–Trinajstić information content (AvgIpc) is 2.72. The van der Waals surface area contributed by atoms with Crippen molar-refractivity contribution in [2.75, 3.05) is 26.7 Å². The minimum absolute atomic E-state index is 0.790. The molecule has 0 radical (unpaired) electrons. The lowest BCUT2D eigenvalue weighted by Gasteiger charge is -2.17. The fraction of sp³-hybridized carbons (Fsp3) is 0.538. The molecular formula is C13H18BrClN2. The van der Waals surface area contributed by atoms with Crippen molar-refractivity contribution in [2.24, 2.45) is 5.92 Å². The number of hydrogen-bond donors (Lipinski definition) is 1. The molecule has 0 bridgehead atoms.